The van der Waals surface area contributed by atoms with E-state index in [0.717, 1.165) is 0 Å². The lowest BCUT2D eigenvalue weighted by Gasteiger charge is -2.17. The molecule has 0 radical (unpaired) electrons. The first-order valence-electron chi connectivity index (χ1n) is 4.93. The number of nitrogens with zero attached hydrogens (tertiary/aromatic N) is 2. The average molecular weight is 305 g/mol. The van der Waals surface area contributed by atoms with Gasteiger partial charge in [-0.05, 0) is 28.4 Å². The lowest BCUT2D eigenvalue weighted by molar-refractivity contribution is -0.117. The van der Waals surface area contributed by atoms with Crippen molar-refractivity contribution in [1.29, 1.82) is 0 Å². The third-order valence-corrected chi connectivity index (χ3v) is 3.88. The van der Waals surface area contributed by atoms with E-state index in [0.29, 0.717) is 34.7 Å². The molecule has 1 atom stereocenters. The Morgan fingerprint density at radius 1 is 1.62 bits per heavy atom. The van der Waals surface area contributed by atoms with Crippen molar-refractivity contribution in [1.82, 2.24) is 4.98 Å². The lowest BCUT2D eigenvalue weighted by atomic mass is 10.1. The van der Waals surface area contributed by atoms with Crippen LogP contribution in [0.3, 0.4) is 0 Å². The van der Waals surface area contributed by atoms with Gasteiger partial charge in [0.2, 0.25) is 5.91 Å². The second-order valence-corrected chi connectivity index (χ2v) is 5.00. The molecule has 0 spiro atoms. The van der Waals surface area contributed by atoms with Crippen molar-refractivity contribution in [2.24, 2.45) is 11.7 Å². The molecule has 1 amide bonds. The molecule has 1 aliphatic heterocycles. The van der Waals surface area contributed by atoms with Crippen molar-refractivity contribution < 1.29 is 4.79 Å². The van der Waals surface area contributed by atoms with Gasteiger partial charge in [0.1, 0.15) is 0 Å². The number of pyridine rings is 1. The number of carbonyl (C=O) groups excluding carboxylic acids is 1. The second kappa shape index (κ2) is 4.69. The summed E-state index contributed by atoms with van der Waals surface area (Å²) in [6, 6.07) is 0. The molecule has 1 aromatic heterocycles. The molecule has 2 rings (SSSR count). The summed E-state index contributed by atoms with van der Waals surface area (Å²) in [5.74, 6) is 0.264. The first kappa shape index (κ1) is 11.8. The molecule has 86 valence electrons. The Hall–Kier alpha value is -0.650. The highest BCUT2D eigenvalue weighted by molar-refractivity contribution is 9.10. The molecule has 1 aromatic rings. The van der Waals surface area contributed by atoms with Crippen molar-refractivity contribution in [2.75, 3.05) is 18.0 Å². The molecule has 4 nitrogen and oxygen atoms in total. The molecule has 1 saturated heterocycles. The monoisotopic (exact) mass is 303 g/mol. The van der Waals surface area contributed by atoms with E-state index in [1.54, 1.807) is 17.3 Å². The van der Waals surface area contributed by atoms with Crippen molar-refractivity contribution in [3.05, 3.63) is 21.9 Å². The summed E-state index contributed by atoms with van der Waals surface area (Å²) < 4.78 is 0.690. The van der Waals surface area contributed by atoms with E-state index in [1.165, 1.54) is 0 Å². The highest BCUT2D eigenvalue weighted by Crippen LogP contribution is 2.34. The van der Waals surface area contributed by atoms with Crippen LogP contribution in [0.25, 0.3) is 0 Å². The van der Waals surface area contributed by atoms with Gasteiger partial charge in [-0.15, -0.1) is 0 Å². The van der Waals surface area contributed by atoms with Crippen LogP contribution >= 0.6 is 27.5 Å². The van der Waals surface area contributed by atoms with E-state index >= 15 is 0 Å². The van der Waals surface area contributed by atoms with Crippen molar-refractivity contribution in [2.45, 2.75) is 6.42 Å². The minimum atomic E-state index is 0.0530. The molecule has 0 saturated carbocycles. The number of hydrogen-bond acceptors (Lipinski definition) is 3. The number of hydrogen-bond donors (Lipinski definition) is 1. The van der Waals surface area contributed by atoms with Crippen LogP contribution in [-0.4, -0.2) is 24.0 Å². The van der Waals surface area contributed by atoms with Crippen LogP contribution in [0.1, 0.15) is 6.42 Å². The van der Waals surface area contributed by atoms with Crippen molar-refractivity contribution in [3.63, 3.8) is 0 Å². The summed E-state index contributed by atoms with van der Waals surface area (Å²) >= 11 is 9.41. The predicted octanol–water partition coefficient (Wildman–Crippen LogP) is 1.81. The van der Waals surface area contributed by atoms with Crippen LogP contribution in [0.2, 0.25) is 5.02 Å². The molecule has 0 aromatic carbocycles. The van der Waals surface area contributed by atoms with E-state index in [9.17, 15) is 4.79 Å². The Kier molecular flexibility index (Phi) is 3.47. The van der Waals surface area contributed by atoms with Gasteiger partial charge in [0.05, 0.1) is 21.4 Å². The Balaban J connectivity index is 2.31. The largest absolute Gasteiger partial charge is 0.330 e. The molecular formula is C10H11BrClN3O. The third-order valence-electron chi connectivity index (χ3n) is 2.65. The number of carbonyl (C=O) groups is 1. The normalized spacial score (nSPS) is 20.6. The molecule has 2 N–H and O–H groups in total. The van der Waals surface area contributed by atoms with Crippen LogP contribution in [0.15, 0.2) is 16.9 Å². The Labute approximate surface area is 107 Å². The minimum Gasteiger partial charge on any atom is -0.330 e. The predicted molar refractivity (Wildman–Crippen MR) is 66.5 cm³/mol. The number of nitrogens with two attached hydrogens (primary N) is 1. The van der Waals surface area contributed by atoms with E-state index in [1.807, 2.05) is 0 Å². The SMILES string of the molecule is NCC1CC(=O)N(c2cncc(Br)c2Cl)C1. The zero-order valence-corrected chi connectivity index (χ0v) is 10.8. The maximum atomic E-state index is 11.8. The summed E-state index contributed by atoms with van der Waals surface area (Å²) in [5.41, 5.74) is 6.22. The van der Waals surface area contributed by atoms with Gasteiger partial charge in [-0.25, -0.2) is 0 Å². The van der Waals surface area contributed by atoms with Gasteiger partial charge in [0.15, 0.2) is 0 Å². The first-order chi connectivity index (χ1) is 7.63. The quantitative estimate of drug-likeness (QED) is 0.906. The smallest absolute Gasteiger partial charge is 0.227 e. The zero-order chi connectivity index (χ0) is 11.7. The Morgan fingerprint density at radius 2 is 2.38 bits per heavy atom. The number of amides is 1. The summed E-state index contributed by atoms with van der Waals surface area (Å²) in [5, 5.41) is 0.515. The molecule has 16 heavy (non-hydrogen) atoms. The van der Waals surface area contributed by atoms with E-state index < -0.39 is 0 Å². The molecule has 2 heterocycles. The van der Waals surface area contributed by atoms with Crippen LogP contribution in [-0.2, 0) is 4.79 Å². The van der Waals surface area contributed by atoms with Gasteiger partial charge in [-0.3, -0.25) is 9.78 Å². The van der Waals surface area contributed by atoms with Crippen molar-refractivity contribution in [3.8, 4) is 0 Å². The van der Waals surface area contributed by atoms with Gasteiger partial charge < -0.3 is 10.6 Å². The number of rotatable bonds is 2. The van der Waals surface area contributed by atoms with Crippen LogP contribution in [0.4, 0.5) is 5.69 Å². The summed E-state index contributed by atoms with van der Waals surface area (Å²) in [6.45, 7) is 1.13. The fraction of sp³-hybridized carbons (Fsp3) is 0.400. The zero-order valence-electron chi connectivity index (χ0n) is 8.49. The molecular weight excluding hydrogens is 293 g/mol. The third kappa shape index (κ3) is 2.07. The van der Waals surface area contributed by atoms with Gasteiger partial charge in [-0.1, -0.05) is 11.6 Å². The van der Waals surface area contributed by atoms with Gasteiger partial charge in [0, 0.05) is 19.2 Å². The Morgan fingerprint density at radius 3 is 3.00 bits per heavy atom. The van der Waals surface area contributed by atoms with Crippen LogP contribution in [0, 0.1) is 5.92 Å². The fourth-order valence-corrected chi connectivity index (χ4v) is 2.29. The lowest BCUT2D eigenvalue weighted by Crippen LogP contribution is -2.26. The van der Waals surface area contributed by atoms with E-state index in [2.05, 4.69) is 20.9 Å². The summed E-state index contributed by atoms with van der Waals surface area (Å²) in [7, 11) is 0. The van der Waals surface area contributed by atoms with Crippen LogP contribution in [0.5, 0.6) is 0 Å². The average Bonchev–Trinajstić information content (AvgIpc) is 2.64. The maximum absolute atomic E-state index is 11.8. The number of halogens is 2. The molecule has 1 fully saturated rings. The maximum Gasteiger partial charge on any atom is 0.227 e. The first-order valence-corrected chi connectivity index (χ1v) is 6.10. The molecule has 1 aliphatic rings. The topological polar surface area (TPSA) is 59.2 Å². The van der Waals surface area contributed by atoms with E-state index in [-0.39, 0.29) is 11.8 Å². The summed E-state index contributed by atoms with van der Waals surface area (Å²) in [4.78, 5) is 17.4. The van der Waals surface area contributed by atoms with Crippen molar-refractivity contribution >= 4 is 39.1 Å². The Bertz CT molecular complexity index is 427. The molecule has 0 bridgehead atoms. The standard InChI is InChI=1S/C10H11BrClN3O/c11-7-3-14-4-8(10(7)12)15-5-6(2-13)1-9(15)16/h3-4,6H,1-2,5,13H2. The minimum absolute atomic E-state index is 0.0530. The van der Waals surface area contributed by atoms with Gasteiger partial charge in [-0.2, -0.15) is 0 Å². The number of aromatic nitrogens is 1. The number of anilines is 1. The molecule has 0 aliphatic carbocycles. The van der Waals surface area contributed by atoms with Crippen LogP contribution < -0.4 is 10.6 Å². The second-order valence-electron chi connectivity index (χ2n) is 3.76. The van der Waals surface area contributed by atoms with Gasteiger partial charge >= 0.3 is 0 Å². The van der Waals surface area contributed by atoms with E-state index in [4.69, 9.17) is 17.3 Å². The molecule has 6 heteroatoms. The highest BCUT2D eigenvalue weighted by Gasteiger charge is 2.31. The fourth-order valence-electron chi connectivity index (χ4n) is 1.77. The molecule has 1 unspecified atom stereocenters. The van der Waals surface area contributed by atoms with Gasteiger partial charge in [0.25, 0.3) is 0 Å². The highest BCUT2D eigenvalue weighted by atomic mass is 79.9. The summed E-state index contributed by atoms with van der Waals surface area (Å²) in [6.07, 6.45) is 3.69.